The number of nitrogens with one attached hydrogen (secondary N) is 1. The Kier molecular flexibility index (Phi) is 10.6. The van der Waals surface area contributed by atoms with Crippen LogP contribution in [0.5, 0.6) is 5.75 Å². The monoisotopic (exact) mass is 585 g/mol. The molecule has 2 amide bonds. The minimum atomic E-state index is -4.17. The average molecular weight is 586 g/mol. The lowest BCUT2D eigenvalue weighted by Gasteiger charge is -2.32. The molecular weight excluding hydrogens is 550 g/mol. The molecule has 1 atom stereocenters. The third-order valence-corrected chi connectivity index (χ3v) is 8.70. The summed E-state index contributed by atoms with van der Waals surface area (Å²) in [5.41, 5.74) is 2.94. The lowest BCUT2D eigenvalue weighted by molar-refractivity contribution is -0.139. The Morgan fingerprint density at radius 1 is 1.00 bits per heavy atom. The fraction of sp³-hybridized carbons (Fsp3) is 0.333. The van der Waals surface area contributed by atoms with Gasteiger partial charge in [-0.3, -0.25) is 13.9 Å². The van der Waals surface area contributed by atoms with Crippen LogP contribution in [0.25, 0.3) is 0 Å². The Morgan fingerprint density at radius 2 is 1.70 bits per heavy atom. The predicted molar refractivity (Wildman–Crippen MR) is 158 cm³/mol. The number of ether oxygens (including phenoxy) is 1. The molecule has 0 aliphatic carbocycles. The number of methoxy groups -OCH3 is 1. The summed E-state index contributed by atoms with van der Waals surface area (Å²) in [7, 11) is -2.62. The fourth-order valence-corrected chi connectivity index (χ4v) is 5.62. The summed E-state index contributed by atoms with van der Waals surface area (Å²) < 4.78 is 34.2. The summed E-state index contributed by atoms with van der Waals surface area (Å²) in [5, 5.41) is 3.23. The number of carbonyl (C=O) groups is 2. The molecule has 0 radical (unpaired) electrons. The largest absolute Gasteiger partial charge is 0.497 e. The summed E-state index contributed by atoms with van der Waals surface area (Å²) in [5.74, 6) is -0.246. The topological polar surface area (TPSA) is 96.0 Å². The first-order valence-corrected chi connectivity index (χ1v) is 14.9. The third-order valence-electron chi connectivity index (χ3n) is 6.66. The first-order valence-electron chi connectivity index (χ1n) is 13.0. The molecule has 3 rings (SSSR count). The molecular formula is C30H36ClN3O5S. The Labute approximate surface area is 241 Å². The van der Waals surface area contributed by atoms with Gasteiger partial charge in [-0.2, -0.15) is 0 Å². The van der Waals surface area contributed by atoms with Crippen molar-refractivity contribution >= 4 is 39.1 Å². The average Bonchev–Trinajstić information content (AvgIpc) is 2.94. The zero-order chi connectivity index (χ0) is 29.4. The highest BCUT2D eigenvalue weighted by Gasteiger charge is 2.32. The minimum absolute atomic E-state index is 0.00369. The van der Waals surface area contributed by atoms with E-state index in [4.69, 9.17) is 16.3 Å². The molecule has 3 aromatic carbocycles. The van der Waals surface area contributed by atoms with Gasteiger partial charge < -0.3 is 15.0 Å². The maximum atomic E-state index is 14.0. The third kappa shape index (κ3) is 7.55. The number of hydrogen-bond acceptors (Lipinski definition) is 5. The highest BCUT2D eigenvalue weighted by molar-refractivity contribution is 7.92. The van der Waals surface area contributed by atoms with Crippen molar-refractivity contribution in [3.05, 3.63) is 88.4 Å². The predicted octanol–water partition coefficient (Wildman–Crippen LogP) is 5.10. The maximum absolute atomic E-state index is 14.0. The Morgan fingerprint density at radius 3 is 2.33 bits per heavy atom. The van der Waals surface area contributed by atoms with Crippen LogP contribution in [0.2, 0.25) is 5.02 Å². The number of halogens is 1. The smallest absolute Gasteiger partial charge is 0.264 e. The van der Waals surface area contributed by atoms with Crippen LogP contribution in [0.4, 0.5) is 5.69 Å². The van der Waals surface area contributed by atoms with E-state index in [0.29, 0.717) is 23.0 Å². The van der Waals surface area contributed by atoms with Crippen molar-refractivity contribution in [1.29, 1.82) is 0 Å². The van der Waals surface area contributed by atoms with E-state index in [9.17, 15) is 18.0 Å². The molecule has 0 spiro atoms. The van der Waals surface area contributed by atoms with Gasteiger partial charge in [0.25, 0.3) is 10.0 Å². The number of sulfonamides is 1. The molecule has 8 nitrogen and oxygen atoms in total. The zero-order valence-corrected chi connectivity index (χ0v) is 25.1. The van der Waals surface area contributed by atoms with E-state index >= 15 is 0 Å². The van der Waals surface area contributed by atoms with Crippen molar-refractivity contribution in [2.45, 2.75) is 51.6 Å². The molecule has 1 N–H and O–H groups in total. The molecule has 214 valence electrons. The van der Waals surface area contributed by atoms with Gasteiger partial charge in [-0.05, 0) is 92.4 Å². The lowest BCUT2D eigenvalue weighted by Crippen LogP contribution is -2.51. The summed E-state index contributed by atoms with van der Waals surface area (Å²) in [6.07, 6.45) is 0.738. The number of carbonyl (C=O) groups excluding carboxylic acids is 2. The van der Waals surface area contributed by atoms with Crippen molar-refractivity contribution in [2.24, 2.45) is 0 Å². The first kappa shape index (κ1) is 31.0. The van der Waals surface area contributed by atoms with Gasteiger partial charge in [0, 0.05) is 18.1 Å². The minimum Gasteiger partial charge on any atom is -0.497 e. The van der Waals surface area contributed by atoms with Crippen molar-refractivity contribution in [3.8, 4) is 5.75 Å². The lowest BCUT2D eigenvalue weighted by atomic mass is 10.1. The molecule has 0 aliphatic rings. The highest BCUT2D eigenvalue weighted by Crippen LogP contribution is 2.27. The molecule has 0 heterocycles. The van der Waals surface area contributed by atoms with E-state index in [0.717, 1.165) is 27.4 Å². The van der Waals surface area contributed by atoms with Gasteiger partial charge in [0.15, 0.2) is 0 Å². The van der Waals surface area contributed by atoms with E-state index in [1.165, 1.54) is 29.2 Å². The van der Waals surface area contributed by atoms with E-state index in [1.807, 2.05) is 32.9 Å². The second-order valence-electron chi connectivity index (χ2n) is 9.57. The van der Waals surface area contributed by atoms with E-state index in [2.05, 4.69) is 5.32 Å². The van der Waals surface area contributed by atoms with Crippen molar-refractivity contribution < 1.29 is 22.7 Å². The molecule has 40 heavy (non-hydrogen) atoms. The van der Waals surface area contributed by atoms with Crippen LogP contribution in [-0.4, -0.2) is 51.4 Å². The number of nitrogens with zero attached hydrogens (tertiary/aromatic N) is 2. The van der Waals surface area contributed by atoms with Crippen LogP contribution in [0, 0.1) is 13.8 Å². The summed E-state index contributed by atoms with van der Waals surface area (Å²) in [6, 6.07) is 17.3. The van der Waals surface area contributed by atoms with E-state index in [-0.39, 0.29) is 17.3 Å². The quantitative estimate of drug-likeness (QED) is 0.319. The van der Waals surface area contributed by atoms with Gasteiger partial charge in [0.1, 0.15) is 18.3 Å². The second kappa shape index (κ2) is 13.7. The van der Waals surface area contributed by atoms with Gasteiger partial charge in [-0.1, -0.05) is 36.7 Å². The van der Waals surface area contributed by atoms with Gasteiger partial charge >= 0.3 is 0 Å². The van der Waals surface area contributed by atoms with E-state index in [1.54, 1.807) is 44.4 Å². The van der Waals surface area contributed by atoms with Gasteiger partial charge in [0.2, 0.25) is 11.8 Å². The van der Waals surface area contributed by atoms with Crippen LogP contribution in [0.3, 0.4) is 0 Å². The zero-order valence-electron chi connectivity index (χ0n) is 23.5. The molecule has 0 fully saturated rings. The number of amides is 2. The molecule has 0 aliphatic heterocycles. The number of anilines is 1. The van der Waals surface area contributed by atoms with Crippen LogP contribution >= 0.6 is 11.6 Å². The molecule has 0 saturated carbocycles. The van der Waals surface area contributed by atoms with Crippen LogP contribution in [0.1, 0.15) is 37.0 Å². The van der Waals surface area contributed by atoms with Gasteiger partial charge in [0.05, 0.1) is 17.7 Å². The molecule has 0 bridgehead atoms. The summed E-state index contributed by atoms with van der Waals surface area (Å²) in [6.45, 7) is 7.41. The Bertz CT molecular complexity index is 1440. The fourth-order valence-electron chi connectivity index (χ4n) is 4.09. The Balaban J connectivity index is 2.05. The van der Waals surface area contributed by atoms with Crippen molar-refractivity contribution in [3.63, 3.8) is 0 Å². The van der Waals surface area contributed by atoms with Crippen molar-refractivity contribution in [1.82, 2.24) is 10.2 Å². The maximum Gasteiger partial charge on any atom is 0.264 e. The molecule has 0 aromatic heterocycles. The van der Waals surface area contributed by atoms with Gasteiger partial charge in [-0.25, -0.2) is 8.42 Å². The summed E-state index contributed by atoms with van der Waals surface area (Å²) >= 11 is 6.01. The van der Waals surface area contributed by atoms with Crippen LogP contribution in [-0.2, 0) is 26.2 Å². The van der Waals surface area contributed by atoms with Crippen LogP contribution in [0.15, 0.2) is 71.6 Å². The number of hydrogen-bond donors (Lipinski definition) is 1. The normalized spacial score (nSPS) is 11.9. The Hall–Kier alpha value is -3.56. The highest BCUT2D eigenvalue weighted by atomic mass is 35.5. The van der Waals surface area contributed by atoms with Crippen LogP contribution < -0.4 is 14.4 Å². The number of rotatable bonds is 12. The first-order chi connectivity index (χ1) is 19.0. The van der Waals surface area contributed by atoms with E-state index < -0.39 is 28.5 Å². The van der Waals surface area contributed by atoms with Crippen molar-refractivity contribution in [2.75, 3.05) is 24.5 Å². The molecule has 0 saturated heterocycles. The molecule has 10 heteroatoms. The molecule has 0 unspecified atom stereocenters. The standard InChI is InChI=1S/C30H36ClN3O5S/c1-6-16-32-30(36)23(4)33(19-24-8-7-9-27(18-24)39-5)29(35)20-34(26-13-10-21(2)22(3)17-26)40(37,38)28-14-11-25(31)12-15-28/h7-15,17-18,23H,6,16,19-20H2,1-5H3,(H,32,36)/t23-/m1/s1. The number of benzene rings is 3. The van der Waals surface area contributed by atoms with Gasteiger partial charge in [-0.15, -0.1) is 0 Å². The molecule has 3 aromatic rings. The SMILES string of the molecule is CCCNC(=O)[C@@H](C)N(Cc1cccc(OC)c1)C(=O)CN(c1ccc(C)c(C)c1)S(=O)(=O)c1ccc(Cl)cc1. The second-order valence-corrected chi connectivity index (χ2v) is 11.9. The summed E-state index contributed by atoms with van der Waals surface area (Å²) in [4.78, 5) is 28.3. The number of aryl methyl sites for hydroxylation is 2.